The Morgan fingerprint density at radius 1 is 1.33 bits per heavy atom. The maximum atomic E-state index is 12.5. The lowest BCUT2D eigenvalue weighted by molar-refractivity contribution is -0.120. The average molecular weight is 247 g/mol. The van der Waals surface area contributed by atoms with Crippen molar-refractivity contribution in [2.45, 2.75) is 32.9 Å². The second kappa shape index (κ2) is 4.33. The summed E-state index contributed by atoms with van der Waals surface area (Å²) >= 11 is 0. The van der Waals surface area contributed by atoms with Gasteiger partial charge in [0.05, 0.1) is 11.3 Å². The molecule has 5 heteroatoms. The number of anilines is 2. The van der Waals surface area contributed by atoms with Gasteiger partial charge < -0.3 is 16.0 Å². The van der Waals surface area contributed by atoms with Crippen molar-refractivity contribution in [1.29, 1.82) is 0 Å². The van der Waals surface area contributed by atoms with E-state index in [2.05, 4.69) is 5.32 Å². The zero-order valence-electron chi connectivity index (χ0n) is 10.7. The number of nitrogens with two attached hydrogens (primary N) is 1. The minimum Gasteiger partial charge on any atom is -0.398 e. The fourth-order valence-corrected chi connectivity index (χ4v) is 2.26. The first-order valence-corrected chi connectivity index (χ1v) is 5.95. The molecular formula is C13H17N3O2. The van der Waals surface area contributed by atoms with Gasteiger partial charge in [0.25, 0.3) is 5.91 Å². The lowest BCUT2D eigenvalue weighted by Crippen LogP contribution is -2.47. The van der Waals surface area contributed by atoms with Crippen LogP contribution < -0.4 is 11.1 Å². The van der Waals surface area contributed by atoms with Gasteiger partial charge in [-0.25, -0.2) is 0 Å². The molecule has 2 amide bonds. The van der Waals surface area contributed by atoms with Crippen LogP contribution in [0.25, 0.3) is 0 Å². The fourth-order valence-electron chi connectivity index (χ4n) is 2.26. The molecule has 1 aliphatic heterocycles. The predicted molar refractivity (Wildman–Crippen MR) is 70.3 cm³/mol. The molecule has 1 aromatic carbocycles. The molecule has 96 valence electrons. The molecule has 0 bridgehead atoms. The van der Waals surface area contributed by atoms with Crippen molar-refractivity contribution in [3.8, 4) is 0 Å². The Morgan fingerprint density at radius 2 is 2.00 bits per heavy atom. The van der Waals surface area contributed by atoms with Crippen LogP contribution in [-0.2, 0) is 4.79 Å². The van der Waals surface area contributed by atoms with Gasteiger partial charge in [0.1, 0.15) is 6.04 Å². The minimum absolute atomic E-state index is 0.0659. The van der Waals surface area contributed by atoms with Crippen molar-refractivity contribution in [1.82, 2.24) is 4.90 Å². The SMILES string of the molecule is CC(C)N1C(=O)c2c(N)cccc2NC(=O)C1C. The van der Waals surface area contributed by atoms with Crippen LogP contribution >= 0.6 is 0 Å². The third kappa shape index (κ3) is 1.81. The first kappa shape index (κ1) is 12.4. The van der Waals surface area contributed by atoms with Gasteiger partial charge in [0, 0.05) is 11.7 Å². The molecule has 0 saturated carbocycles. The first-order chi connectivity index (χ1) is 8.43. The Balaban J connectivity index is 2.61. The highest BCUT2D eigenvalue weighted by atomic mass is 16.2. The molecule has 0 aliphatic carbocycles. The summed E-state index contributed by atoms with van der Waals surface area (Å²) in [5, 5.41) is 2.75. The van der Waals surface area contributed by atoms with Crippen molar-refractivity contribution < 1.29 is 9.59 Å². The summed E-state index contributed by atoms with van der Waals surface area (Å²) in [6, 6.07) is 4.50. The van der Waals surface area contributed by atoms with E-state index in [9.17, 15) is 9.59 Å². The van der Waals surface area contributed by atoms with Crippen molar-refractivity contribution >= 4 is 23.2 Å². The van der Waals surface area contributed by atoms with Gasteiger partial charge in [-0.1, -0.05) is 6.07 Å². The van der Waals surface area contributed by atoms with Crippen molar-refractivity contribution in [3.05, 3.63) is 23.8 Å². The molecule has 18 heavy (non-hydrogen) atoms. The Hall–Kier alpha value is -2.04. The molecule has 0 spiro atoms. The van der Waals surface area contributed by atoms with Gasteiger partial charge in [-0.3, -0.25) is 9.59 Å². The summed E-state index contributed by atoms with van der Waals surface area (Å²) in [6.45, 7) is 5.48. The standard InChI is InChI=1S/C13H17N3O2/c1-7(2)16-8(3)12(17)15-10-6-4-5-9(14)11(10)13(16)18/h4-8H,14H2,1-3H3,(H,15,17). The number of benzene rings is 1. The Kier molecular flexibility index (Phi) is 2.98. The second-order valence-electron chi connectivity index (χ2n) is 4.74. The van der Waals surface area contributed by atoms with E-state index >= 15 is 0 Å². The van der Waals surface area contributed by atoms with Crippen LogP contribution in [0.4, 0.5) is 11.4 Å². The molecule has 0 saturated heterocycles. The number of hydrogen-bond donors (Lipinski definition) is 2. The molecule has 1 heterocycles. The molecule has 5 nitrogen and oxygen atoms in total. The molecule has 1 unspecified atom stereocenters. The van der Waals surface area contributed by atoms with Crippen LogP contribution in [0.5, 0.6) is 0 Å². The zero-order chi connectivity index (χ0) is 13.4. The molecule has 1 aliphatic rings. The van der Waals surface area contributed by atoms with E-state index in [0.29, 0.717) is 16.9 Å². The fraction of sp³-hybridized carbons (Fsp3) is 0.385. The monoisotopic (exact) mass is 247 g/mol. The predicted octanol–water partition coefficient (Wildman–Crippen LogP) is 1.46. The summed E-state index contributed by atoms with van der Waals surface area (Å²) in [7, 11) is 0. The summed E-state index contributed by atoms with van der Waals surface area (Å²) < 4.78 is 0. The van der Waals surface area contributed by atoms with Crippen LogP contribution in [-0.4, -0.2) is 28.8 Å². The molecule has 2 rings (SSSR count). The average Bonchev–Trinajstić information content (AvgIpc) is 2.36. The number of fused-ring (bicyclic) bond motifs is 1. The molecule has 0 fully saturated rings. The lowest BCUT2D eigenvalue weighted by Gasteiger charge is -2.29. The number of nitrogens with zero attached hydrogens (tertiary/aromatic N) is 1. The van der Waals surface area contributed by atoms with E-state index in [0.717, 1.165) is 0 Å². The highest BCUT2D eigenvalue weighted by molar-refractivity contribution is 6.12. The zero-order valence-corrected chi connectivity index (χ0v) is 10.7. The second-order valence-corrected chi connectivity index (χ2v) is 4.74. The van der Waals surface area contributed by atoms with E-state index < -0.39 is 6.04 Å². The number of nitrogens with one attached hydrogen (secondary N) is 1. The van der Waals surface area contributed by atoms with Gasteiger partial charge in [0.2, 0.25) is 5.91 Å². The van der Waals surface area contributed by atoms with Crippen molar-refractivity contribution in [2.75, 3.05) is 11.1 Å². The van der Waals surface area contributed by atoms with Gasteiger partial charge in [-0.05, 0) is 32.9 Å². The van der Waals surface area contributed by atoms with Gasteiger partial charge >= 0.3 is 0 Å². The van der Waals surface area contributed by atoms with E-state index in [4.69, 9.17) is 5.73 Å². The normalized spacial score (nSPS) is 19.6. The van der Waals surface area contributed by atoms with E-state index in [1.807, 2.05) is 13.8 Å². The maximum Gasteiger partial charge on any atom is 0.258 e. The third-order valence-corrected chi connectivity index (χ3v) is 3.16. The van der Waals surface area contributed by atoms with E-state index in [1.165, 1.54) is 0 Å². The van der Waals surface area contributed by atoms with Gasteiger partial charge in [0.15, 0.2) is 0 Å². The van der Waals surface area contributed by atoms with Crippen LogP contribution in [0.15, 0.2) is 18.2 Å². The smallest absolute Gasteiger partial charge is 0.258 e. The maximum absolute atomic E-state index is 12.5. The first-order valence-electron chi connectivity index (χ1n) is 5.95. The summed E-state index contributed by atoms with van der Waals surface area (Å²) in [5.41, 5.74) is 7.11. The number of rotatable bonds is 1. The number of amides is 2. The summed E-state index contributed by atoms with van der Waals surface area (Å²) in [6.07, 6.45) is 0. The molecule has 0 aromatic heterocycles. The Labute approximate surface area is 106 Å². The summed E-state index contributed by atoms with van der Waals surface area (Å²) in [5.74, 6) is -0.398. The van der Waals surface area contributed by atoms with Crippen LogP contribution in [0.2, 0.25) is 0 Å². The van der Waals surface area contributed by atoms with E-state index in [-0.39, 0.29) is 17.9 Å². The highest BCUT2D eigenvalue weighted by Crippen LogP contribution is 2.28. The number of nitrogen functional groups attached to an aromatic ring is 1. The largest absolute Gasteiger partial charge is 0.398 e. The number of hydrogen-bond acceptors (Lipinski definition) is 3. The molecule has 3 N–H and O–H groups in total. The van der Waals surface area contributed by atoms with Crippen LogP contribution in [0, 0.1) is 0 Å². The quantitative estimate of drug-likeness (QED) is 0.738. The van der Waals surface area contributed by atoms with Crippen molar-refractivity contribution in [2.24, 2.45) is 0 Å². The highest BCUT2D eigenvalue weighted by Gasteiger charge is 2.34. The topological polar surface area (TPSA) is 75.4 Å². The molecule has 1 atom stereocenters. The van der Waals surface area contributed by atoms with Crippen LogP contribution in [0.1, 0.15) is 31.1 Å². The van der Waals surface area contributed by atoms with E-state index in [1.54, 1.807) is 30.0 Å². The molecule has 1 aromatic rings. The van der Waals surface area contributed by atoms with Crippen molar-refractivity contribution in [3.63, 3.8) is 0 Å². The van der Waals surface area contributed by atoms with Crippen LogP contribution in [0.3, 0.4) is 0 Å². The molecular weight excluding hydrogens is 230 g/mol. The summed E-state index contributed by atoms with van der Waals surface area (Å²) in [4.78, 5) is 26.1. The third-order valence-electron chi connectivity index (χ3n) is 3.16. The molecule has 0 radical (unpaired) electrons. The Bertz CT molecular complexity index is 511. The Morgan fingerprint density at radius 3 is 2.61 bits per heavy atom. The number of carbonyl (C=O) groups is 2. The van der Waals surface area contributed by atoms with Gasteiger partial charge in [-0.2, -0.15) is 0 Å². The van der Waals surface area contributed by atoms with Gasteiger partial charge in [-0.15, -0.1) is 0 Å². The lowest BCUT2D eigenvalue weighted by atomic mass is 10.1. The minimum atomic E-state index is -0.510. The number of carbonyl (C=O) groups excluding carboxylic acids is 2.